The van der Waals surface area contributed by atoms with E-state index in [0.717, 1.165) is 41.0 Å². The second kappa shape index (κ2) is 9.15. The Hall–Kier alpha value is -3.88. The summed E-state index contributed by atoms with van der Waals surface area (Å²) in [5.41, 5.74) is 4.17. The lowest BCUT2D eigenvalue weighted by Crippen LogP contribution is -2.32. The average molecular weight is 534 g/mol. The van der Waals surface area contributed by atoms with Crippen LogP contribution in [0.3, 0.4) is 0 Å². The molecular weight excluding hydrogens is 509 g/mol. The number of aromatic nitrogens is 2. The van der Waals surface area contributed by atoms with Crippen molar-refractivity contribution in [1.82, 2.24) is 14.5 Å². The molecule has 4 aromatic rings. The summed E-state index contributed by atoms with van der Waals surface area (Å²) in [5, 5.41) is 9.62. The van der Waals surface area contributed by atoms with E-state index in [-0.39, 0.29) is 11.1 Å². The first-order chi connectivity index (χ1) is 18.2. The number of aromatic carboxylic acids is 1. The van der Waals surface area contributed by atoms with E-state index in [1.807, 2.05) is 29.8 Å². The Morgan fingerprint density at radius 2 is 2.03 bits per heavy atom. The topological polar surface area (TPSA) is 76.8 Å². The van der Waals surface area contributed by atoms with Crippen LogP contribution in [0.25, 0.3) is 16.6 Å². The van der Waals surface area contributed by atoms with Crippen LogP contribution in [0.5, 0.6) is 11.5 Å². The van der Waals surface area contributed by atoms with Crippen molar-refractivity contribution in [3.8, 4) is 11.5 Å². The van der Waals surface area contributed by atoms with Gasteiger partial charge in [0, 0.05) is 37.6 Å². The second-order valence-electron chi connectivity index (χ2n) is 9.72. The van der Waals surface area contributed by atoms with Crippen molar-refractivity contribution in [1.29, 1.82) is 0 Å². The van der Waals surface area contributed by atoms with Crippen LogP contribution < -0.4 is 9.47 Å². The van der Waals surface area contributed by atoms with Gasteiger partial charge in [0.05, 0.1) is 28.7 Å². The predicted octanol–water partition coefficient (Wildman–Crippen LogP) is 6.00. The van der Waals surface area contributed by atoms with Crippen LogP contribution in [0, 0.1) is 5.82 Å². The third kappa shape index (κ3) is 4.19. The van der Waals surface area contributed by atoms with Gasteiger partial charge >= 0.3 is 5.97 Å². The number of fused-ring (bicyclic) bond motifs is 2. The summed E-state index contributed by atoms with van der Waals surface area (Å²) < 4.78 is 29.0. The Kier molecular flexibility index (Phi) is 5.89. The van der Waals surface area contributed by atoms with Gasteiger partial charge in [-0.3, -0.25) is 4.90 Å². The van der Waals surface area contributed by atoms with E-state index >= 15 is 0 Å². The fourth-order valence-electron chi connectivity index (χ4n) is 5.16. The maximum absolute atomic E-state index is 14.7. The fourth-order valence-corrected chi connectivity index (χ4v) is 5.32. The molecule has 0 fully saturated rings. The minimum Gasteiger partial charge on any atom is -0.478 e. The SMILES string of the molecule is Cn1c(CN2CC=C(c3cccc4c3O[C@@](C)(c3ccc(Cl)cc3F)O4)CC2)nc2ccc(C(=O)O)cc21. The molecule has 0 amide bonds. The largest absolute Gasteiger partial charge is 0.478 e. The van der Waals surface area contributed by atoms with Gasteiger partial charge in [0.1, 0.15) is 11.6 Å². The Balaban J connectivity index is 1.21. The van der Waals surface area contributed by atoms with Crippen LogP contribution in [0.1, 0.15) is 40.7 Å². The number of aryl methyl sites for hydroxylation is 1. The Labute approximate surface area is 223 Å². The summed E-state index contributed by atoms with van der Waals surface area (Å²) in [6, 6.07) is 15.2. The highest BCUT2D eigenvalue weighted by Gasteiger charge is 2.42. The molecule has 0 aliphatic carbocycles. The lowest BCUT2D eigenvalue weighted by atomic mass is 9.98. The number of para-hydroxylation sites is 1. The predicted molar refractivity (Wildman–Crippen MR) is 142 cm³/mol. The molecule has 194 valence electrons. The van der Waals surface area contributed by atoms with Crippen molar-refractivity contribution < 1.29 is 23.8 Å². The molecule has 9 heteroatoms. The maximum atomic E-state index is 14.7. The first kappa shape index (κ1) is 24.5. The molecule has 1 N–H and O–H groups in total. The van der Waals surface area contributed by atoms with Gasteiger partial charge < -0.3 is 19.1 Å². The first-order valence-corrected chi connectivity index (χ1v) is 12.7. The molecule has 0 saturated carbocycles. The van der Waals surface area contributed by atoms with Gasteiger partial charge in [0.15, 0.2) is 11.5 Å². The highest BCUT2D eigenvalue weighted by atomic mass is 35.5. The van der Waals surface area contributed by atoms with Crippen molar-refractivity contribution in [3.63, 3.8) is 0 Å². The van der Waals surface area contributed by atoms with Crippen LogP contribution >= 0.6 is 11.6 Å². The lowest BCUT2D eigenvalue weighted by molar-refractivity contribution is -0.0708. The molecule has 2 aliphatic rings. The number of hydrogen-bond acceptors (Lipinski definition) is 5. The molecule has 38 heavy (non-hydrogen) atoms. The Bertz CT molecular complexity index is 1630. The highest BCUT2D eigenvalue weighted by Crippen LogP contribution is 2.49. The Morgan fingerprint density at radius 1 is 1.18 bits per heavy atom. The molecule has 7 nitrogen and oxygen atoms in total. The van der Waals surface area contributed by atoms with E-state index in [1.165, 1.54) is 6.07 Å². The zero-order chi connectivity index (χ0) is 26.6. The van der Waals surface area contributed by atoms with E-state index in [9.17, 15) is 14.3 Å². The number of halogens is 2. The Morgan fingerprint density at radius 3 is 2.76 bits per heavy atom. The van der Waals surface area contributed by atoms with Crippen molar-refractivity contribution in [3.05, 3.63) is 94.0 Å². The van der Waals surface area contributed by atoms with Gasteiger partial charge in [0.2, 0.25) is 0 Å². The maximum Gasteiger partial charge on any atom is 0.335 e. The monoisotopic (exact) mass is 533 g/mol. The summed E-state index contributed by atoms with van der Waals surface area (Å²) in [6.45, 7) is 3.86. The van der Waals surface area contributed by atoms with E-state index in [4.69, 9.17) is 26.1 Å². The van der Waals surface area contributed by atoms with Crippen molar-refractivity contribution in [2.24, 2.45) is 7.05 Å². The minimum absolute atomic E-state index is 0.245. The quantitative estimate of drug-likeness (QED) is 0.339. The van der Waals surface area contributed by atoms with Crippen LogP contribution in [0.15, 0.2) is 60.7 Å². The standard InChI is InChI=1S/C29H25ClFN3O4/c1-29(21-8-7-19(30)15-22(21)31)37-25-5-3-4-20(27(25)38-29)17-10-12-34(13-11-17)16-26-32-23-9-6-18(28(35)36)14-24(23)33(26)2/h3-10,14-15H,11-13,16H2,1-2H3,(H,35,36)/t29-/m0/s1. The summed E-state index contributed by atoms with van der Waals surface area (Å²) in [5.74, 6) is -0.685. The van der Waals surface area contributed by atoms with Gasteiger partial charge in [0.25, 0.3) is 5.79 Å². The lowest BCUT2D eigenvalue weighted by Gasteiger charge is -2.27. The van der Waals surface area contributed by atoms with E-state index in [2.05, 4.69) is 11.0 Å². The molecule has 3 heterocycles. The number of hydrogen-bond donors (Lipinski definition) is 1. The fraction of sp³-hybridized carbons (Fsp3) is 0.241. The van der Waals surface area contributed by atoms with Gasteiger partial charge in [-0.15, -0.1) is 0 Å². The third-order valence-corrected chi connectivity index (χ3v) is 7.46. The summed E-state index contributed by atoms with van der Waals surface area (Å²) in [7, 11) is 1.91. The molecule has 6 rings (SSSR count). The molecule has 0 bridgehead atoms. The number of rotatable bonds is 5. The first-order valence-electron chi connectivity index (χ1n) is 12.3. The zero-order valence-corrected chi connectivity index (χ0v) is 21.6. The normalized spacial score (nSPS) is 19.1. The molecule has 1 aromatic heterocycles. The molecule has 2 aliphatic heterocycles. The highest BCUT2D eigenvalue weighted by molar-refractivity contribution is 6.30. The van der Waals surface area contributed by atoms with Crippen molar-refractivity contribution >= 4 is 34.2 Å². The van der Waals surface area contributed by atoms with Crippen LogP contribution in [0.4, 0.5) is 4.39 Å². The number of benzene rings is 3. The summed E-state index contributed by atoms with van der Waals surface area (Å²) in [6.07, 6.45) is 2.96. The third-order valence-electron chi connectivity index (χ3n) is 7.23. The van der Waals surface area contributed by atoms with Crippen molar-refractivity contribution in [2.75, 3.05) is 13.1 Å². The van der Waals surface area contributed by atoms with Crippen LogP contribution in [-0.2, 0) is 19.4 Å². The summed E-state index contributed by atoms with van der Waals surface area (Å²) >= 11 is 5.93. The second-order valence-corrected chi connectivity index (χ2v) is 10.2. The number of ether oxygens (including phenoxy) is 2. The van der Waals surface area contributed by atoms with E-state index < -0.39 is 17.6 Å². The smallest absolute Gasteiger partial charge is 0.335 e. The summed E-state index contributed by atoms with van der Waals surface area (Å²) in [4.78, 5) is 18.4. The molecule has 0 saturated heterocycles. The van der Waals surface area contributed by atoms with E-state index in [1.54, 1.807) is 37.3 Å². The van der Waals surface area contributed by atoms with Gasteiger partial charge in [-0.05, 0) is 54.5 Å². The molecule has 0 spiro atoms. The molecule has 0 radical (unpaired) electrons. The van der Waals surface area contributed by atoms with E-state index in [0.29, 0.717) is 29.6 Å². The number of carboxylic acids is 1. The number of nitrogens with zero attached hydrogens (tertiary/aromatic N) is 3. The van der Waals surface area contributed by atoms with Gasteiger partial charge in [-0.25, -0.2) is 14.2 Å². The van der Waals surface area contributed by atoms with Gasteiger partial charge in [-0.1, -0.05) is 29.8 Å². The zero-order valence-electron chi connectivity index (χ0n) is 20.9. The van der Waals surface area contributed by atoms with Crippen molar-refractivity contribution in [2.45, 2.75) is 25.7 Å². The molecule has 1 atom stereocenters. The molecule has 3 aromatic carbocycles. The molecular formula is C29H25ClFN3O4. The average Bonchev–Trinajstić information content (AvgIpc) is 3.40. The molecule has 0 unspecified atom stereocenters. The number of carboxylic acid groups (broad SMARTS) is 1. The minimum atomic E-state index is -1.30. The van der Waals surface area contributed by atoms with Crippen LogP contribution in [0.2, 0.25) is 5.02 Å². The van der Waals surface area contributed by atoms with Gasteiger partial charge in [-0.2, -0.15) is 0 Å². The number of carbonyl (C=O) groups is 1. The number of imidazole rings is 1. The van der Waals surface area contributed by atoms with Crippen LogP contribution in [-0.4, -0.2) is 38.6 Å².